The van der Waals surface area contributed by atoms with Crippen molar-refractivity contribution < 1.29 is 14.0 Å². The highest BCUT2D eigenvalue weighted by Gasteiger charge is 2.36. The molecule has 0 atom stereocenters. The number of aromatic nitrogens is 7. The van der Waals surface area contributed by atoms with Gasteiger partial charge in [-0.15, -0.1) is 0 Å². The second kappa shape index (κ2) is 16.4. The molecular weight excluding hydrogens is 573 g/mol. The lowest BCUT2D eigenvalue weighted by Crippen LogP contribution is -2.31. The Morgan fingerprint density at radius 2 is 1.71 bits per heavy atom. The zero-order valence-corrected chi connectivity index (χ0v) is 28.4. The van der Waals surface area contributed by atoms with Crippen molar-refractivity contribution in [3.8, 4) is 22.8 Å². The fourth-order valence-corrected chi connectivity index (χ4v) is 5.40. The Bertz CT molecular complexity index is 1530. The summed E-state index contributed by atoms with van der Waals surface area (Å²) in [5.74, 6) is 2.55. The van der Waals surface area contributed by atoms with Gasteiger partial charge in [-0.2, -0.15) is 10.0 Å². The van der Waals surface area contributed by atoms with Crippen molar-refractivity contribution in [2.75, 3.05) is 25.9 Å². The van der Waals surface area contributed by atoms with Gasteiger partial charge in [-0.1, -0.05) is 45.9 Å². The second-order valence-corrected chi connectivity index (χ2v) is 11.5. The van der Waals surface area contributed by atoms with Crippen LogP contribution in [-0.2, 0) is 4.94 Å². The van der Waals surface area contributed by atoms with Crippen LogP contribution in [0.4, 0.5) is 10.3 Å². The van der Waals surface area contributed by atoms with Gasteiger partial charge in [0, 0.05) is 42.6 Å². The van der Waals surface area contributed by atoms with Gasteiger partial charge >= 0.3 is 0 Å². The first-order valence-corrected chi connectivity index (χ1v) is 16.0. The Morgan fingerprint density at radius 1 is 1.09 bits per heavy atom. The Balaban J connectivity index is 0.000000631. The SMILES string of the molecule is C=C(C)N1CCC(c2cnc(-c3c(-c4nn(C(C)C)c5ncnc(N)c45)noc3C3CC3)nc2C)CC1.CC.CCC.COF. The number of hydrogen-bond acceptors (Lipinski definition) is 10. The molecule has 0 aromatic carbocycles. The zero-order chi connectivity index (χ0) is 33.3. The molecule has 6 rings (SSSR count). The molecule has 45 heavy (non-hydrogen) atoms. The molecule has 1 saturated carbocycles. The van der Waals surface area contributed by atoms with Crippen LogP contribution < -0.4 is 5.73 Å². The van der Waals surface area contributed by atoms with Crippen LogP contribution in [0, 0.1) is 6.92 Å². The van der Waals surface area contributed by atoms with Crippen LogP contribution >= 0.6 is 0 Å². The number of halogens is 1. The summed E-state index contributed by atoms with van der Waals surface area (Å²) in [6, 6.07) is 0.0814. The van der Waals surface area contributed by atoms with E-state index in [1.165, 1.54) is 18.3 Å². The molecule has 0 amide bonds. The molecule has 12 heteroatoms. The number of aryl methyl sites for hydroxylation is 1. The van der Waals surface area contributed by atoms with Crippen LogP contribution in [0.1, 0.15) is 115 Å². The van der Waals surface area contributed by atoms with Crippen molar-refractivity contribution in [1.29, 1.82) is 0 Å². The number of nitrogen functional groups attached to an aromatic ring is 1. The second-order valence-electron chi connectivity index (χ2n) is 11.5. The Hall–Kier alpha value is -3.93. The molecule has 11 nitrogen and oxygen atoms in total. The number of anilines is 1. The summed E-state index contributed by atoms with van der Waals surface area (Å²) in [6.45, 7) is 22.6. The van der Waals surface area contributed by atoms with Crippen LogP contribution in [0.5, 0.6) is 0 Å². The molecule has 4 aromatic rings. The standard InChI is InChI=1S/C27H33N9O.C3H8.C2H6.CH3FO/c1-14(2)35-10-8-17(9-11-35)19-12-29-26(32-16(19)5)20-23(34-37-24(20)18-6-7-18)22-21-25(28)30-13-31-27(21)36(33-22)15(3)4;1-3-2;1-2;1-3-2/h12-13,15,17-18H,1,6-11H2,2-5H3,(H2,28,30,31);3H2,1-2H3;1-2H3;1H3. The zero-order valence-electron chi connectivity index (χ0n) is 28.4. The normalized spacial score (nSPS) is 14.7. The molecule has 2 N–H and O–H groups in total. The van der Waals surface area contributed by atoms with Gasteiger partial charge in [0.15, 0.2) is 17.2 Å². The van der Waals surface area contributed by atoms with E-state index in [2.05, 4.69) is 73.1 Å². The number of rotatable bonds is 6. The van der Waals surface area contributed by atoms with E-state index in [-0.39, 0.29) is 6.04 Å². The molecule has 2 fully saturated rings. The quantitative estimate of drug-likeness (QED) is 0.225. The minimum absolute atomic E-state index is 0.0814. The van der Waals surface area contributed by atoms with E-state index in [1.807, 2.05) is 24.7 Å². The van der Waals surface area contributed by atoms with E-state index < -0.39 is 0 Å². The fraction of sp³-hybridized carbons (Fsp3) is 0.576. The molecular formula is C33H50FN9O2. The predicted octanol–water partition coefficient (Wildman–Crippen LogP) is 7.96. The van der Waals surface area contributed by atoms with Crippen molar-refractivity contribution in [3.63, 3.8) is 0 Å². The summed E-state index contributed by atoms with van der Waals surface area (Å²) in [6.07, 6.45) is 8.97. The molecule has 1 saturated heterocycles. The topological polar surface area (TPSA) is 134 Å². The van der Waals surface area contributed by atoms with Crippen molar-refractivity contribution in [3.05, 3.63) is 41.8 Å². The lowest BCUT2D eigenvalue weighted by Gasteiger charge is -2.34. The lowest BCUT2D eigenvalue weighted by atomic mass is 9.89. The maximum atomic E-state index is 9.79. The van der Waals surface area contributed by atoms with E-state index in [0.29, 0.717) is 45.9 Å². The highest BCUT2D eigenvalue weighted by Crippen LogP contribution is 2.48. The largest absolute Gasteiger partial charge is 0.383 e. The van der Waals surface area contributed by atoms with Gasteiger partial charge in [0.1, 0.15) is 23.5 Å². The average molecular weight is 624 g/mol. The van der Waals surface area contributed by atoms with Crippen LogP contribution in [0.2, 0.25) is 0 Å². The molecule has 0 radical (unpaired) electrons. The number of nitrogens with zero attached hydrogens (tertiary/aromatic N) is 8. The van der Waals surface area contributed by atoms with Crippen molar-refractivity contribution >= 4 is 16.9 Å². The molecule has 5 heterocycles. The highest BCUT2D eigenvalue weighted by molar-refractivity contribution is 6.00. The molecule has 4 aromatic heterocycles. The van der Waals surface area contributed by atoms with E-state index >= 15 is 0 Å². The van der Waals surface area contributed by atoms with Gasteiger partial charge in [0.2, 0.25) is 0 Å². The first-order valence-electron chi connectivity index (χ1n) is 16.0. The van der Waals surface area contributed by atoms with Gasteiger partial charge in [0.05, 0.1) is 18.1 Å². The van der Waals surface area contributed by atoms with Crippen LogP contribution in [0.25, 0.3) is 33.8 Å². The number of likely N-dealkylation sites (tertiary alicyclic amines) is 1. The lowest BCUT2D eigenvalue weighted by molar-refractivity contribution is -0.0960. The number of nitrogens with two attached hydrogens (primary N) is 1. The number of hydrogen-bond donors (Lipinski definition) is 1. The third kappa shape index (κ3) is 8.02. The summed E-state index contributed by atoms with van der Waals surface area (Å²) < 4.78 is 17.6. The highest BCUT2D eigenvalue weighted by atomic mass is 19.3. The Labute approximate surface area is 266 Å². The van der Waals surface area contributed by atoms with Gasteiger partial charge in [-0.05, 0) is 69.4 Å². The number of fused-ring (bicyclic) bond motifs is 1. The molecule has 246 valence electrons. The average Bonchev–Trinajstić information content (AvgIpc) is 3.64. The van der Waals surface area contributed by atoms with Crippen LogP contribution in [-0.4, -0.2) is 60.0 Å². The maximum Gasteiger partial charge on any atom is 0.165 e. The minimum Gasteiger partial charge on any atom is -0.383 e. The first kappa shape index (κ1) is 35.5. The van der Waals surface area contributed by atoms with Crippen molar-refractivity contribution in [2.24, 2.45) is 0 Å². The molecule has 0 spiro atoms. The molecule has 0 bridgehead atoms. The third-order valence-corrected chi connectivity index (χ3v) is 7.61. The summed E-state index contributed by atoms with van der Waals surface area (Å²) >= 11 is 0. The maximum absolute atomic E-state index is 9.79. The Kier molecular flexibility index (Phi) is 13.0. The summed E-state index contributed by atoms with van der Waals surface area (Å²) in [7, 11) is 0.958. The van der Waals surface area contributed by atoms with Gasteiger partial charge in [-0.25, -0.2) is 24.6 Å². The smallest absolute Gasteiger partial charge is 0.165 e. The summed E-state index contributed by atoms with van der Waals surface area (Å²) in [4.78, 5) is 23.7. The van der Waals surface area contributed by atoms with Crippen molar-refractivity contribution in [2.45, 2.75) is 105 Å². The van der Waals surface area contributed by atoms with Gasteiger partial charge in [-0.3, -0.25) is 0 Å². The molecule has 1 aliphatic carbocycles. The van der Waals surface area contributed by atoms with E-state index in [1.54, 1.807) is 0 Å². The van der Waals surface area contributed by atoms with Crippen LogP contribution in [0.15, 0.2) is 29.3 Å². The van der Waals surface area contributed by atoms with Crippen molar-refractivity contribution in [1.82, 2.24) is 39.8 Å². The van der Waals surface area contributed by atoms with E-state index in [0.717, 1.165) is 68.6 Å². The number of piperidine rings is 1. The molecule has 2 aliphatic rings. The summed E-state index contributed by atoms with van der Waals surface area (Å²) in [5, 5.41) is 10.0. The monoisotopic (exact) mass is 623 g/mol. The van der Waals surface area contributed by atoms with Crippen LogP contribution in [0.3, 0.4) is 0 Å². The minimum atomic E-state index is 0.0814. The van der Waals surface area contributed by atoms with E-state index in [4.69, 9.17) is 25.3 Å². The molecule has 1 aliphatic heterocycles. The van der Waals surface area contributed by atoms with Gasteiger partial charge in [0.25, 0.3) is 0 Å². The predicted molar refractivity (Wildman–Crippen MR) is 177 cm³/mol. The fourth-order valence-electron chi connectivity index (χ4n) is 5.40. The summed E-state index contributed by atoms with van der Waals surface area (Å²) in [5.41, 5.74) is 12.3. The molecule has 0 unspecified atom stereocenters. The number of allylic oxidation sites excluding steroid dienone is 1. The third-order valence-electron chi connectivity index (χ3n) is 7.61. The van der Waals surface area contributed by atoms with E-state index in [9.17, 15) is 4.53 Å². The first-order chi connectivity index (χ1) is 21.7. The Morgan fingerprint density at radius 3 is 2.24 bits per heavy atom. The van der Waals surface area contributed by atoms with Gasteiger partial charge < -0.3 is 15.2 Å².